The number of amidine groups is 1. The Balaban J connectivity index is 2.40. The molecule has 0 saturated heterocycles. The lowest BCUT2D eigenvalue weighted by Crippen LogP contribution is -2.32. The highest BCUT2D eigenvalue weighted by Gasteiger charge is 2.16. The Morgan fingerprint density at radius 3 is 3.00 bits per heavy atom. The highest BCUT2D eigenvalue weighted by atomic mass is 16.5. The molecular weight excluding hydrogens is 140 g/mol. The van der Waals surface area contributed by atoms with Crippen LogP contribution in [0.5, 0.6) is 0 Å². The van der Waals surface area contributed by atoms with Crippen LogP contribution in [-0.2, 0) is 4.74 Å². The summed E-state index contributed by atoms with van der Waals surface area (Å²) in [5.41, 5.74) is 0. The minimum absolute atomic E-state index is 0.197. The predicted octanol–water partition coefficient (Wildman–Crippen LogP) is 0.803. The normalized spacial score (nSPS) is 19.3. The van der Waals surface area contributed by atoms with Gasteiger partial charge in [0.05, 0.1) is 6.54 Å². The molecule has 3 heteroatoms. The minimum atomic E-state index is 0.197. The molecule has 0 aliphatic carbocycles. The Bertz CT molecular complexity index is 145. The highest BCUT2D eigenvalue weighted by molar-refractivity contribution is 5.87. The molecule has 1 unspecified atom stereocenters. The molecule has 1 aliphatic rings. The van der Waals surface area contributed by atoms with Gasteiger partial charge >= 0.3 is 0 Å². The van der Waals surface area contributed by atoms with E-state index in [0.717, 1.165) is 31.8 Å². The summed E-state index contributed by atoms with van der Waals surface area (Å²) in [6.07, 6.45) is 2.39. The molecule has 0 aromatic heterocycles. The van der Waals surface area contributed by atoms with Crippen LogP contribution in [0.25, 0.3) is 0 Å². The smallest absolute Gasteiger partial charge is 0.126 e. The first kappa shape index (κ1) is 8.53. The van der Waals surface area contributed by atoms with Crippen LogP contribution in [-0.4, -0.2) is 32.1 Å². The average molecular weight is 156 g/mol. The molecule has 0 bridgehead atoms. The summed E-state index contributed by atoms with van der Waals surface area (Å²) in [5, 5.41) is 3.22. The summed E-state index contributed by atoms with van der Waals surface area (Å²) in [5.74, 6) is 1.04. The molecule has 0 fully saturated rings. The van der Waals surface area contributed by atoms with Crippen molar-refractivity contribution >= 4 is 5.84 Å². The maximum atomic E-state index is 5.28. The second-order valence-electron chi connectivity index (χ2n) is 2.71. The number of rotatable bonds is 4. The third-order valence-electron chi connectivity index (χ3n) is 1.84. The zero-order valence-electron chi connectivity index (χ0n) is 7.26. The van der Waals surface area contributed by atoms with E-state index in [1.54, 1.807) is 7.11 Å². The number of nitrogens with zero attached hydrogens (tertiary/aromatic N) is 1. The summed E-state index contributed by atoms with van der Waals surface area (Å²) < 4.78 is 5.28. The summed E-state index contributed by atoms with van der Waals surface area (Å²) in [6.45, 7) is 4.03. The molecule has 0 aromatic carbocycles. The number of ether oxygens (including phenoxy) is 1. The second kappa shape index (κ2) is 4.34. The molecule has 0 radical (unpaired) electrons. The van der Waals surface area contributed by atoms with E-state index in [1.165, 1.54) is 0 Å². The Hall–Kier alpha value is -0.570. The Kier molecular flexibility index (Phi) is 3.36. The molecule has 1 heterocycles. The first-order chi connectivity index (χ1) is 5.38. The van der Waals surface area contributed by atoms with Gasteiger partial charge in [0.25, 0.3) is 0 Å². The largest absolute Gasteiger partial charge is 0.374 e. The van der Waals surface area contributed by atoms with E-state index in [2.05, 4.69) is 17.2 Å². The molecular formula is C8H16N2O. The number of hydrogen-bond acceptors (Lipinski definition) is 3. The molecule has 1 N–H and O–H groups in total. The zero-order valence-corrected chi connectivity index (χ0v) is 7.26. The van der Waals surface area contributed by atoms with Gasteiger partial charge in [0, 0.05) is 13.7 Å². The molecule has 1 atom stereocenters. The van der Waals surface area contributed by atoms with Crippen molar-refractivity contribution in [1.29, 1.82) is 0 Å². The molecule has 0 aromatic rings. The molecule has 1 rings (SSSR count). The van der Waals surface area contributed by atoms with Crippen LogP contribution in [0.15, 0.2) is 4.99 Å². The zero-order chi connectivity index (χ0) is 8.10. The second-order valence-corrected chi connectivity index (χ2v) is 2.71. The van der Waals surface area contributed by atoms with Crippen LogP contribution in [0.2, 0.25) is 0 Å². The van der Waals surface area contributed by atoms with E-state index < -0.39 is 0 Å². The van der Waals surface area contributed by atoms with E-state index in [9.17, 15) is 0 Å². The standard InChI is InChI=1S/C8H16N2O/c1-3-4-7(11-2)8-9-5-6-10-8/h7H,3-6H2,1-2H3,(H,9,10). The van der Waals surface area contributed by atoms with Gasteiger partial charge in [-0.15, -0.1) is 0 Å². The Labute approximate surface area is 67.8 Å². The van der Waals surface area contributed by atoms with Gasteiger partial charge in [-0.3, -0.25) is 4.99 Å². The van der Waals surface area contributed by atoms with Gasteiger partial charge in [-0.25, -0.2) is 0 Å². The first-order valence-electron chi connectivity index (χ1n) is 4.19. The summed E-state index contributed by atoms with van der Waals surface area (Å²) in [7, 11) is 1.74. The molecule has 0 amide bonds. The van der Waals surface area contributed by atoms with Crippen LogP contribution in [0.3, 0.4) is 0 Å². The van der Waals surface area contributed by atoms with E-state index in [-0.39, 0.29) is 6.10 Å². The van der Waals surface area contributed by atoms with Crippen LogP contribution in [0.1, 0.15) is 19.8 Å². The van der Waals surface area contributed by atoms with E-state index in [0.29, 0.717) is 0 Å². The molecule has 64 valence electrons. The molecule has 0 saturated carbocycles. The van der Waals surface area contributed by atoms with E-state index >= 15 is 0 Å². The van der Waals surface area contributed by atoms with Gasteiger partial charge in [-0.05, 0) is 6.42 Å². The highest BCUT2D eigenvalue weighted by Crippen LogP contribution is 2.04. The number of aliphatic imine (C=N–C) groups is 1. The van der Waals surface area contributed by atoms with E-state index in [1.807, 2.05) is 0 Å². The lowest BCUT2D eigenvalue weighted by atomic mass is 10.2. The number of methoxy groups -OCH3 is 1. The maximum absolute atomic E-state index is 5.28. The van der Waals surface area contributed by atoms with Gasteiger partial charge in [-0.2, -0.15) is 0 Å². The SMILES string of the molecule is CCCC(OC)C1=NCCN1. The molecule has 0 spiro atoms. The Morgan fingerprint density at radius 2 is 2.55 bits per heavy atom. The van der Waals surface area contributed by atoms with Crippen molar-refractivity contribution in [2.24, 2.45) is 4.99 Å². The van der Waals surface area contributed by atoms with Crippen LogP contribution in [0.4, 0.5) is 0 Å². The topological polar surface area (TPSA) is 33.6 Å². The van der Waals surface area contributed by atoms with Crippen molar-refractivity contribution in [1.82, 2.24) is 5.32 Å². The van der Waals surface area contributed by atoms with Gasteiger partial charge in [0.2, 0.25) is 0 Å². The Morgan fingerprint density at radius 1 is 1.73 bits per heavy atom. The monoisotopic (exact) mass is 156 g/mol. The lowest BCUT2D eigenvalue weighted by molar-refractivity contribution is 0.145. The maximum Gasteiger partial charge on any atom is 0.126 e. The predicted molar refractivity (Wildman–Crippen MR) is 46.0 cm³/mol. The van der Waals surface area contributed by atoms with Gasteiger partial charge in [0.1, 0.15) is 11.9 Å². The number of nitrogens with one attached hydrogen (secondary N) is 1. The average Bonchev–Trinajstić information content (AvgIpc) is 2.52. The van der Waals surface area contributed by atoms with E-state index in [4.69, 9.17) is 4.74 Å². The van der Waals surface area contributed by atoms with Gasteiger partial charge < -0.3 is 10.1 Å². The molecule has 1 aliphatic heterocycles. The van der Waals surface area contributed by atoms with Gasteiger partial charge in [-0.1, -0.05) is 13.3 Å². The van der Waals surface area contributed by atoms with Crippen LogP contribution < -0.4 is 5.32 Å². The summed E-state index contributed by atoms with van der Waals surface area (Å²) >= 11 is 0. The fourth-order valence-electron chi connectivity index (χ4n) is 1.26. The van der Waals surface area contributed by atoms with Crippen LogP contribution >= 0.6 is 0 Å². The van der Waals surface area contributed by atoms with Crippen molar-refractivity contribution in [3.8, 4) is 0 Å². The third kappa shape index (κ3) is 2.19. The lowest BCUT2D eigenvalue weighted by Gasteiger charge is -2.14. The van der Waals surface area contributed by atoms with Crippen molar-refractivity contribution in [2.45, 2.75) is 25.9 Å². The van der Waals surface area contributed by atoms with Crippen molar-refractivity contribution in [3.05, 3.63) is 0 Å². The third-order valence-corrected chi connectivity index (χ3v) is 1.84. The summed E-state index contributed by atoms with van der Waals surface area (Å²) in [4.78, 5) is 4.31. The number of hydrogen-bond donors (Lipinski definition) is 1. The quantitative estimate of drug-likeness (QED) is 0.653. The summed E-state index contributed by atoms with van der Waals surface area (Å²) in [6, 6.07) is 0. The fourth-order valence-corrected chi connectivity index (χ4v) is 1.26. The molecule has 11 heavy (non-hydrogen) atoms. The van der Waals surface area contributed by atoms with Crippen molar-refractivity contribution in [2.75, 3.05) is 20.2 Å². The minimum Gasteiger partial charge on any atom is -0.374 e. The van der Waals surface area contributed by atoms with Crippen molar-refractivity contribution < 1.29 is 4.74 Å². The van der Waals surface area contributed by atoms with Crippen molar-refractivity contribution in [3.63, 3.8) is 0 Å². The first-order valence-corrected chi connectivity index (χ1v) is 4.19. The van der Waals surface area contributed by atoms with Gasteiger partial charge in [0.15, 0.2) is 0 Å². The fraction of sp³-hybridized carbons (Fsp3) is 0.875. The molecule has 3 nitrogen and oxygen atoms in total. The van der Waals surface area contributed by atoms with Crippen LogP contribution in [0, 0.1) is 0 Å².